The molecule has 0 spiro atoms. The van der Waals surface area contributed by atoms with E-state index in [1.54, 1.807) is 48.8 Å². The van der Waals surface area contributed by atoms with Crippen molar-refractivity contribution in [1.82, 2.24) is 15.2 Å². The van der Waals surface area contributed by atoms with Gasteiger partial charge in [-0.15, -0.1) is 10.2 Å². The van der Waals surface area contributed by atoms with Crippen LogP contribution < -0.4 is 0 Å². The molecule has 0 amide bonds. The van der Waals surface area contributed by atoms with Crippen molar-refractivity contribution < 1.29 is 9.21 Å². The molecular formula is C16H10N4O2S. The predicted molar refractivity (Wildman–Crippen MR) is 83.7 cm³/mol. The molecule has 1 aromatic carbocycles. The summed E-state index contributed by atoms with van der Waals surface area (Å²) in [6.07, 6.45) is 3.28. The molecule has 3 aromatic rings. The second-order valence-corrected chi connectivity index (χ2v) is 5.44. The van der Waals surface area contributed by atoms with Crippen LogP contribution in [-0.4, -0.2) is 26.7 Å². The Morgan fingerprint density at radius 2 is 1.87 bits per heavy atom. The van der Waals surface area contributed by atoms with Gasteiger partial charge in [-0.1, -0.05) is 23.9 Å². The Labute approximate surface area is 136 Å². The summed E-state index contributed by atoms with van der Waals surface area (Å²) < 4.78 is 5.51. The molecule has 2 aromatic heterocycles. The summed E-state index contributed by atoms with van der Waals surface area (Å²) in [5.41, 5.74) is 1.84. The fourth-order valence-electron chi connectivity index (χ4n) is 1.82. The number of hydrogen-bond acceptors (Lipinski definition) is 7. The number of ketones is 1. The van der Waals surface area contributed by atoms with Crippen LogP contribution in [0.4, 0.5) is 0 Å². The minimum absolute atomic E-state index is 0.0665. The first-order chi connectivity index (χ1) is 11.3. The van der Waals surface area contributed by atoms with Gasteiger partial charge >= 0.3 is 0 Å². The molecule has 0 fully saturated rings. The van der Waals surface area contributed by atoms with E-state index in [-0.39, 0.29) is 11.5 Å². The Kier molecular flexibility index (Phi) is 4.45. The Bertz CT molecular complexity index is 854. The molecule has 7 heteroatoms. The van der Waals surface area contributed by atoms with Gasteiger partial charge in [-0.3, -0.25) is 9.78 Å². The molecular weight excluding hydrogens is 312 g/mol. The van der Waals surface area contributed by atoms with Gasteiger partial charge in [-0.25, -0.2) is 0 Å². The maximum absolute atomic E-state index is 12.1. The van der Waals surface area contributed by atoms with E-state index < -0.39 is 0 Å². The maximum Gasteiger partial charge on any atom is 0.277 e. The van der Waals surface area contributed by atoms with E-state index in [1.807, 2.05) is 6.07 Å². The van der Waals surface area contributed by atoms with Gasteiger partial charge in [0.1, 0.15) is 0 Å². The lowest BCUT2D eigenvalue weighted by molar-refractivity contribution is 0.102. The fourth-order valence-corrected chi connectivity index (χ4v) is 2.48. The summed E-state index contributed by atoms with van der Waals surface area (Å²) in [6, 6.07) is 12.1. The smallest absolute Gasteiger partial charge is 0.277 e. The Morgan fingerprint density at radius 3 is 2.57 bits per heavy atom. The number of nitriles is 1. The first kappa shape index (κ1) is 14.9. The monoisotopic (exact) mass is 322 g/mol. The van der Waals surface area contributed by atoms with Crippen molar-refractivity contribution in [2.75, 3.05) is 5.75 Å². The van der Waals surface area contributed by atoms with Crippen LogP contribution in [-0.2, 0) is 0 Å². The highest BCUT2D eigenvalue weighted by Gasteiger charge is 2.12. The number of thioether (sulfide) groups is 1. The second kappa shape index (κ2) is 6.85. The first-order valence-electron chi connectivity index (χ1n) is 6.66. The van der Waals surface area contributed by atoms with Crippen molar-refractivity contribution in [2.45, 2.75) is 5.22 Å². The van der Waals surface area contributed by atoms with Crippen molar-refractivity contribution in [3.05, 3.63) is 59.9 Å². The summed E-state index contributed by atoms with van der Waals surface area (Å²) in [6.45, 7) is 0. The molecule has 0 saturated heterocycles. The molecule has 0 aliphatic heterocycles. The zero-order valence-corrected chi connectivity index (χ0v) is 12.7. The number of Topliss-reactive ketones (excluding diaryl/α,β-unsaturated/α-hetero) is 1. The molecule has 0 aliphatic carbocycles. The van der Waals surface area contributed by atoms with Crippen molar-refractivity contribution >= 4 is 17.5 Å². The molecule has 112 valence electrons. The topological polar surface area (TPSA) is 92.7 Å². The van der Waals surface area contributed by atoms with Gasteiger partial charge in [0, 0.05) is 23.5 Å². The van der Waals surface area contributed by atoms with Gasteiger partial charge < -0.3 is 4.42 Å². The number of carbonyl (C=O) groups is 1. The third-order valence-corrected chi connectivity index (χ3v) is 3.81. The van der Waals surface area contributed by atoms with Gasteiger partial charge in [0.25, 0.3) is 5.22 Å². The molecule has 23 heavy (non-hydrogen) atoms. The zero-order chi connectivity index (χ0) is 16.1. The van der Waals surface area contributed by atoms with E-state index >= 15 is 0 Å². The minimum atomic E-state index is -0.0665. The highest BCUT2D eigenvalue weighted by atomic mass is 32.2. The maximum atomic E-state index is 12.1. The fraction of sp³-hybridized carbons (Fsp3) is 0.0625. The van der Waals surface area contributed by atoms with Crippen LogP contribution in [0.5, 0.6) is 0 Å². The van der Waals surface area contributed by atoms with Crippen molar-refractivity contribution in [3.8, 4) is 17.5 Å². The number of nitrogens with zero attached hydrogens (tertiary/aromatic N) is 4. The highest BCUT2D eigenvalue weighted by Crippen LogP contribution is 2.23. The Morgan fingerprint density at radius 1 is 1.13 bits per heavy atom. The third-order valence-electron chi connectivity index (χ3n) is 3.00. The van der Waals surface area contributed by atoms with Crippen molar-refractivity contribution in [2.24, 2.45) is 0 Å². The lowest BCUT2D eigenvalue weighted by atomic mass is 10.1. The standard InChI is InChI=1S/C16H10N4O2S/c17-9-11-1-3-12(4-2-11)14(21)10-23-16-20-19-15(22-16)13-5-7-18-8-6-13/h1-8H,10H2. The largest absolute Gasteiger partial charge is 0.411 e. The number of pyridine rings is 1. The summed E-state index contributed by atoms with van der Waals surface area (Å²) in [5.74, 6) is 0.507. The Hall–Kier alpha value is -2.98. The van der Waals surface area contributed by atoms with Crippen LogP contribution >= 0.6 is 11.8 Å². The summed E-state index contributed by atoms with van der Waals surface area (Å²) in [5, 5.41) is 16.9. The highest BCUT2D eigenvalue weighted by molar-refractivity contribution is 7.99. The predicted octanol–water partition coefficient (Wildman–Crippen LogP) is 2.98. The van der Waals surface area contributed by atoms with E-state index in [1.165, 1.54) is 11.8 Å². The SMILES string of the molecule is N#Cc1ccc(C(=O)CSc2nnc(-c3ccncc3)o2)cc1. The van der Waals surface area contributed by atoms with Crippen molar-refractivity contribution in [3.63, 3.8) is 0 Å². The third kappa shape index (κ3) is 3.62. The molecule has 0 N–H and O–H groups in total. The average molecular weight is 322 g/mol. The van der Waals surface area contributed by atoms with Gasteiger partial charge in [-0.05, 0) is 24.3 Å². The molecule has 0 aliphatic rings. The quantitative estimate of drug-likeness (QED) is 0.526. The van der Waals surface area contributed by atoms with Crippen molar-refractivity contribution in [1.29, 1.82) is 5.26 Å². The molecule has 0 radical (unpaired) electrons. The lowest BCUT2D eigenvalue weighted by Crippen LogP contribution is -2.02. The molecule has 3 rings (SSSR count). The number of aromatic nitrogens is 3. The van der Waals surface area contributed by atoms with E-state index in [9.17, 15) is 4.79 Å². The van der Waals surface area contributed by atoms with E-state index in [0.717, 1.165) is 5.56 Å². The van der Waals surface area contributed by atoms with Crippen LogP contribution in [0.3, 0.4) is 0 Å². The van der Waals surface area contributed by atoms with E-state index in [4.69, 9.17) is 9.68 Å². The van der Waals surface area contributed by atoms with Crippen LogP contribution in [0.25, 0.3) is 11.5 Å². The molecule has 0 saturated carbocycles. The zero-order valence-electron chi connectivity index (χ0n) is 11.8. The molecule has 2 heterocycles. The van der Waals surface area contributed by atoms with Crippen LogP contribution in [0.1, 0.15) is 15.9 Å². The van der Waals surface area contributed by atoms with E-state index in [2.05, 4.69) is 15.2 Å². The molecule has 0 unspecified atom stereocenters. The van der Waals surface area contributed by atoms with Crippen LogP contribution in [0.15, 0.2) is 58.4 Å². The number of carbonyl (C=O) groups excluding carboxylic acids is 1. The molecule has 6 nitrogen and oxygen atoms in total. The van der Waals surface area contributed by atoms with E-state index in [0.29, 0.717) is 22.2 Å². The van der Waals surface area contributed by atoms with Gasteiger partial charge in [0.2, 0.25) is 5.89 Å². The normalized spacial score (nSPS) is 10.2. The number of hydrogen-bond donors (Lipinski definition) is 0. The molecule has 0 atom stereocenters. The minimum Gasteiger partial charge on any atom is -0.411 e. The van der Waals surface area contributed by atoms with Crippen LogP contribution in [0.2, 0.25) is 0 Å². The van der Waals surface area contributed by atoms with Gasteiger partial charge in [0.05, 0.1) is 17.4 Å². The van der Waals surface area contributed by atoms with Crippen LogP contribution in [0, 0.1) is 11.3 Å². The summed E-state index contributed by atoms with van der Waals surface area (Å²) in [4.78, 5) is 16.0. The number of rotatable bonds is 5. The number of benzene rings is 1. The van der Waals surface area contributed by atoms with Gasteiger partial charge in [-0.2, -0.15) is 5.26 Å². The second-order valence-electron chi connectivity index (χ2n) is 4.51. The van der Waals surface area contributed by atoms with Gasteiger partial charge in [0.15, 0.2) is 5.78 Å². The Balaban J connectivity index is 1.63. The lowest BCUT2D eigenvalue weighted by Gasteiger charge is -1.98. The first-order valence-corrected chi connectivity index (χ1v) is 7.65. The molecule has 0 bridgehead atoms. The average Bonchev–Trinajstić information content (AvgIpc) is 3.09. The summed E-state index contributed by atoms with van der Waals surface area (Å²) in [7, 11) is 0. The summed E-state index contributed by atoms with van der Waals surface area (Å²) >= 11 is 1.18.